The summed E-state index contributed by atoms with van der Waals surface area (Å²) in [5, 5.41) is 5.19. The highest BCUT2D eigenvalue weighted by Gasteiger charge is 2.12. The molecule has 0 saturated carbocycles. The van der Waals surface area contributed by atoms with Crippen LogP contribution in [0.15, 0.2) is 36.7 Å². The van der Waals surface area contributed by atoms with E-state index in [0.29, 0.717) is 6.54 Å². The molecule has 0 aliphatic heterocycles. The van der Waals surface area contributed by atoms with E-state index in [0.717, 1.165) is 25.1 Å². The molecule has 8 heteroatoms. The number of nitrogens with one attached hydrogen (secondary N) is 2. The first-order chi connectivity index (χ1) is 12.4. The predicted octanol–water partition coefficient (Wildman–Crippen LogP) is 2.29. The highest BCUT2D eigenvalue weighted by Crippen LogP contribution is 2.14. The topological polar surface area (TPSA) is 74.3 Å². The average Bonchev–Trinajstić information content (AvgIpc) is 2.61. The van der Waals surface area contributed by atoms with Gasteiger partial charge in [0.1, 0.15) is 0 Å². The number of carbonyl (C=O) groups excluding carboxylic acids is 2. The third-order valence-electron chi connectivity index (χ3n) is 3.51. The monoisotopic (exact) mass is 362 g/mol. The summed E-state index contributed by atoms with van der Waals surface area (Å²) in [6.07, 6.45) is 3.44. The molecule has 2 rings (SSSR count). The van der Waals surface area contributed by atoms with Crippen LogP contribution >= 0.6 is 0 Å². The summed E-state index contributed by atoms with van der Waals surface area (Å²) in [7, 11) is 3.89. The van der Waals surface area contributed by atoms with Crippen molar-refractivity contribution in [3.63, 3.8) is 0 Å². The van der Waals surface area contributed by atoms with Crippen molar-refractivity contribution in [1.29, 1.82) is 0 Å². The maximum atomic E-state index is 13.2. The van der Waals surface area contributed by atoms with Crippen LogP contribution in [0.2, 0.25) is 0 Å². The molecule has 1 aromatic carbocycles. The number of rotatable bonds is 7. The van der Waals surface area contributed by atoms with Crippen molar-refractivity contribution in [2.24, 2.45) is 0 Å². The number of hydrogen-bond acceptors (Lipinski definition) is 4. The van der Waals surface area contributed by atoms with Crippen LogP contribution in [0.4, 0.5) is 14.5 Å². The first-order valence-electron chi connectivity index (χ1n) is 8.01. The van der Waals surface area contributed by atoms with Gasteiger partial charge in [0.25, 0.3) is 11.8 Å². The lowest BCUT2D eigenvalue weighted by molar-refractivity contribution is 0.0952. The van der Waals surface area contributed by atoms with Crippen molar-refractivity contribution in [1.82, 2.24) is 15.2 Å². The Balaban J connectivity index is 1.99. The number of anilines is 1. The highest BCUT2D eigenvalue weighted by atomic mass is 19.2. The fraction of sp³-hybridized carbons (Fsp3) is 0.278. The zero-order chi connectivity index (χ0) is 19.1. The zero-order valence-electron chi connectivity index (χ0n) is 14.6. The van der Waals surface area contributed by atoms with Crippen molar-refractivity contribution < 1.29 is 18.4 Å². The fourth-order valence-electron chi connectivity index (χ4n) is 2.16. The van der Waals surface area contributed by atoms with Crippen molar-refractivity contribution in [2.75, 3.05) is 32.5 Å². The first-order valence-corrected chi connectivity index (χ1v) is 8.01. The van der Waals surface area contributed by atoms with Crippen molar-refractivity contribution in [3.8, 4) is 0 Å². The lowest BCUT2D eigenvalue weighted by atomic mass is 10.1. The summed E-state index contributed by atoms with van der Waals surface area (Å²) in [6.45, 7) is 1.34. The second kappa shape index (κ2) is 9.00. The summed E-state index contributed by atoms with van der Waals surface area (Å²) in [6, 6.07) is 4.43. The molecule has 0 aliphatic rings. The third-order valence-corrected chi connectivity index (χ3v) is 3.51. The number of benzene rings is 1. The van der Waals surface area contributed by atoms with Gasteiger partial charge in [-0.2, -0.15) is 0 Å². The van der Waals surface area contributed by atoms with Gasteiger partial charge in [0.05, 0.1) is 11.1 Å². The second-order valence-electron chi connectivity index (χ2n) is 5.96. The van der Waals surface area contributed by atoms with E-state index in [9.17, 15) is 18.4 Å². The molecule has 0 atom stereocenters. The van der Waals surface area contributed by atoms with Crippen LogP contribution in [0.25, 0.3) is 0 Å². The SMILES string of the molecule is CN(C)CCCNC(=O)c1cncc(C(=O)Nc2ccc(F)c(F)c2)c1. The molecule has 138 valence electrons. The van der Waals surface area contributed by atoms with Crippen molar-refractivity contribution in [3.05, 3.63) is 59.4 Å². The smallest absolute Gasteiger partial charge is 0.257 e. The summed E-state index contributed by atoms with van der Waals surface area (Å²) in [4.78, 5) is 30.2. The van der Waals surface area contributed by atoms with Crippen LogP contribution in [0.1, 0.15) is 27.1 Å². The Labute approximate surface area is 150 Å². The number of carbonyl (C=O) groups is 2. The van der Waals surface area contributed by atoms with Crippen LogP contribution in [-0.2, 0) is 0 Å². The van der Waals surface area contributed by atoms with E-state index in [-0.39, 0.29) is 22.7 Å². The Hall–Kier alpha value is -2.87. The molecule has 0 unspecified atom stereocenters. The molecular formula is C18H20F2N4O2. The Bertz CT molecular complexity index is 797. The number of aromatic nitrogens is 1. The van der Waals surface area contributed by atoms with E-state index in [2.05, 4.69) is 15.6 Å². The van der Waals surface area contributed by atoms with Crippen LogP contribution in [0.3, 0.4) is 0 Å². The van der Waals surface area contributed by atoms with Gasteiger partial charge in [0, 0.05) is 30.7 Å². The van der Waals surface area contributed by atoms with Crippen molar-refractivity contribution in [2.45, 2.75) is 6.42 Å². The first kappa shape index (κ1) is 19.5. The average molecular weight is 362 g/mol. The molecule has 2 aromatic rings. The summed E-state index contributed by atoms with van der Waals surface area (Å²) < 4.78 is 26.1. The molecule has 1 heterocycles. The van der Waals surface area contributed by atoms with Gasteiger partial charge in [-0.25, -0.2) is 8.78 Å². The molecule has 0 fully saturated rings. The van der Waals surface area contributed by atoms with Crippen molar-refractivity contribution >= 4 is 17.5 Å². The Morgan fingerprint density at radius 2 is 1.73 bits per heavy atom. The highest BCUT2D eigenvalue weighted by molar-refractivity contribution is 6.05. The Morgan fingerprint density at radius 1 is 1.04 bits per heavy atom. The van der Waals surface area contributed by atoms with E-state index in [1.54, 1.807) is 0 Å². The van der Waals surface area contributed by atoms with E-state index in [1.165, 1.54) is 24.5 Å². The largest absolute Gasteiger partial charge is 0.352 e. The maximum absolute atomic E-state index is 13.2. The molecule has 0 bridgehead atoms. The van der Waals surface area contributed by atoms with E-state index >= 15 is 0 Å². The number of amides is 2. The Morgan fingerprint density at radius 3 is 2.38 bits per heavy atom. The number of halogens is 2. The molecule has 0 spiro atoms. The third kappa shape index (κ3) is 5.59. The fourth-order valence-corrected chi connectivity index (χ4v) is 2.16. The second-order valence-corrected chi connectivity index (χ2v) is 5.96. The van der Waals surface area contributed by atoms with Gasteiger partial charge < -0.3 is 15.5 Å². The van der Waals surface area contributed by atoms with Gasteiger partial charge in [-0.1, -0.05) is 0 Å². The van der Waals surface area contributed by atoms with E-state index in [1.807, 2.05) is 19.0 Å². The molecule has 6 nitrogen and oxygen atoms in total. The minimum absolute atomic E-state index is 0.104. The minimum Gasteiger partial charge on any atom is -0.352 e. The summed E-state index contributed by atoms with van der Waals surface area (Å²) in [5.41, 5.74) is 0.482. The standard InChI is InChI=1S/C18H20F2N4O2/c1-24(2)7-3-6-22-17(25)12-8-13(11-21-10-12)18(26)23-14-4-5-15(19)16(20)9-14/h4-5,8-11H,3,6-7H2,1-2H3,(H,22,25)(H,23,26). The number of nitrogens with zero attached hydrogens (tertiary/aromatic N) is 2. The van der Waals surface area contributed by atoms with E-state index < -0.39 is 17.5 Å². The van der Waals surface area contributed by atoms with E-state index in [4.69, 9.17) is 0 Å². The molecule has 26 heavy (non-hydrogen) atoms. The quantitative estimate of drug-likeness (QED) is 0.741. The molecule has 1 aromatic heterocycles. The molecular weight excluding hydrogens is 342 g/mol. The van der Waals surface area contributed by atoms with Crippen LogP contribution in [0, 0.1) is 11.6 Å². The van der Waals surface area contributed by atoms with Gasteiger partial charge in [0.15, 0.2) is 11.6 Å². The molecule has 2 N–H and O–H groups in total. The molecule has 0 aliphatic carbocycles. The normalized spacial score (nSPS) is 10.7. The van der Waals surface area contributed by atoms with Gasteiger partial charge in [-0.05, 0) is 45.3 Å². The lowest BCUT2D eigenvalue weighted by Gasteiger charge is -2.10. The van der Waals surface area contributed by atoms with Gasteiger partial charge in [0.2, 0.25) is 0 Å². The zero-order valence-corrected chi connectivity index (χ0v) is 14.6. The molecule has 0 radical (unpaired) electrons. The van der Waals surface area contributed by atoms with Gasteiger partial charge >= 0.3 is 0 Å². The van der Waals surface area contributed by atoms with Crippen LogP contribution < -0.4 is 10.6 Å². The summed E-state index contributed by atoms with van der Waals surface area (Å²) in [5.74, 6) is -2.98. The number of hydrogen-bond donors (Lipinski definition) is 2. The predicted molar refractivity (Wildman–Crippen MR) is 94.1 cm³/mol. The maximum Gasteiger partial charge on any atom is 0.257 e. The molecule has 2 amide bonds. The lowest BCUT2D eigenvalue weighted by Crippen LogP contribution is -2.27. The van der Waals surface area contributed by atoms with Crippen LogP contribution in [-0.4, -0.2) is 48.9 Å². The Kier molecular flexibility index (Phi) is 6.74. The van der Waals surface area contributed by atoms with Gasteiger partial charge in [-0.3, -0.25) is 14.6 Å². The van der Waals surface area contributed by atoms with Crippen LogP contribution in [0.5, 0.6) is 0 Å². The number of pyridine rings is 1. The molecule has 0 saturated heterocycles. The summed E-state index contributed by atoms with van der Waals surface area (Å²) >= 11 is 0. The van der Waals surface area contributed by atoms with Gasteiger partial charge in [-0.15, -0.1) is 0 Å². The minimum atomic E-state index is -1.06.